The van der Waals surface area contributed by atoms with Gasteiger partial charge in [0.05, 0.1) is 12.0 Å². The fourth-order valence-electron chi connectivity index (χ4n) is 2.32. The molecule has 1 fully saturated rings. The molecule has 1 saturated heterocycles. The summed E-state index contributed by atoms with van der Waals surface area (Å²) in [5.74, 6) is 0.148. The molecular formula is C13H29Cl2N3O2. The quantitative estimate of drug-likeness (QED) is 0.729. The SMILES string of the molecule is CCN(C)CCNC(=O)C1(COC)CCNCC1.Cl.Cl. The van der Waals surface area contributed by atoms with Crippen LogP contribution >= 0.6 is 24.8 Å². The van der Waals surface area contributed by atoms with Crippen LogP contribution in [0.5, 0.6) is 0 Å². The van der Waals surface area contributed by atoms with Crippen molar-refractivity contribution in [2.75, 3.05) is 53.5 Å². The first-order chi connectivity index (χ1) is 8.64. The summed E-state index contributed by atoms with van der Waals surface area (Å²) >= 11 is 0. The lowest BCUT2D eigenvalue weighted by Crippen LogP contribution is -2.51. The molecule has 0 saturated carbocycles. The predicted molar refractivity (Wildman–Crippen MR) is 87.1 cm³/mol. The van der Waals surface area contributed by atoms with Gasteiger partial charge in [-0.1, -0.05) is 6.92 Å². The zero-order valence-corrected chi connectivity index (χ0v) is 14.4. The van der Waals surface area contributed by atoms with Gasteiger partial charge in [-0.15, -0.1) is 24.8 Å². The maximum atomic E-state index is 12.3. The number of methoxy groups -OCH3 is 1. The number of piperidine rings is 1. The fraction of sp³-hybridized carbons (Fsp3) is 0.923. The van der Waals surface area contributed by atoms with Gasteiger partial charge >= 0.3 is 0 Å². The summed E-state index contributed by atoms with van der Waals surface area (Å²) in [5.41, 5.74) is -0.329. The molecule has 122 valence electrons. The number of amides is 1. The van der Waals surface area contributed by atoms with Crippen LogP contribution in [0.25, 0.3) is 0 Å². The zero-order valence-electron chi connectivity index (χ0n) is 12.7. The van der Waals surface area contributed by atoms with Crippen molar-refractivity contribution in [1.82, 2.24) is 15.5 Å². The summed E-state index contributed by atoms with van der Waals surface area (Å²) in [4.78, 5) is 14.5. The number of carbonyl (C=O) groups excluding carboxylic acids is 1. The number of hydrogen-bond acceptors (Lipinski definition) is 4. The van der Waals surface area contributed by atoms with Crippen LogP contribution in [0.3, 0.4) is 0 Å². The van der Waals surface area contributed by atoms with E-state index in [2.05, 4.69) is 29.5 Å². The number of nitrogens with one attached hydrogen (secondary N) is 2. The lowest BCUT2D eigenvalue weighted by atomic mass is 9.78. The molecule has 0 unspecified atom stereocenters. The number of halogens is 2. The van der Waals surface area contributed by atoms with Crippen LogP contribution in [0, 0.1) is 5.41 Å². The molecule has 0 bridgehead atoms. The fourth-order valence-corrected chi connectivity index (χ4v) is 2.32. The molecule has 7 heteroatoms. The van der Waals surface area contributed by atoms with Gasteiger partial charge in [-0.25, -0.2) is 0 Å². The normalized spacial score (nSPS) is 17.0. The highest BCUT2D eigenvalue weighted by Crippen LogP contribution is 2.29. The number of hydrogen-bond donors (Lipinski definition) is 2. The van der Waals surface area contributed by atoms with Crippen LogP contribution in [0.2, 0.25) is 0 Å². The van der Waals surface area contributed by atoms with E-state index in [-0.39, 0.29) is 36.1 Å². The first-order valence-electron chi connectivity index (χ1n) is 6.81. The van der Waals surface area contributed by atoms with Crippen LogP contribution in [0.4, 0.5) is 0 Å². The maximum absolute atomic E-state index is 12.3. The van der Waals surface area contributed by atoms with Gasteiger partial charge in [0.25, 0.3) is 0 Å². The highest BCUT2D eigenvalue weighted by atomic mass is 35.5. The third-order valence-electron chi connectivity index (χ3n) is 3.78. The van der Waals surface area contributed by atoms with E-state index >= 15 is 0 Å². The van der Waals surface area contributed by atoms with Crippen molar-refractivity contribution in [2.24, 2.45) is 5.41 Å². The van der Waals surface area contributed by atoms with Gasteiger partial charge in [0, 0.05) is 20.2 Å². The molecule has 0 aliphatic carbocycles. The third kappa shape index (κ3) is 6.59. The van der Waals surface area contributed by atoms with Gasteiger partial charge in [0.1, 0.15) is 0 Å². The molecule has 0 atom stereocenters. The Morgan fingerprint density at radius 1 is 1.35 bits per heavy atom. The second-order valence-corrected chi connectivity index (χ2v) is 5.12. The summed E-state index contributed by atoms with van der Waals surface area (Å²) in [6.45, 7) is 7.02. The smallest absolute Gasteiger partial charge is 0.228 e. The lowest BCUT2D eigenvalue weighted by molar-refractivity contribution is -0.136. The van der Waals surface area contributed by atoms with Gasteiger partial charge in [-0.2, -0.15) is 0 Å². The van der Waals surface area contributed by atoms with E-state index in [1.807, 2.05) is 0 Å². The van der Waals surface area contributed by atoms with Crippen LogP contribution in [-0.2, 0) is 9.53 Å². The molecule has 2 N–H and O–H groups in total. The molecule has 0 radical (unpaired) electrons. The second kappa shape index (κ2) is 11.6. The molecule has 1 aliphatic rings. The molecule has 0 aromatic heterocycles. The third-order valence-corrected chi connectivity index (χ3v) is 3.78. The van der Waals surface area contributed by atoms with Crippen LogP contribution in [0.1, 0.15) is 19.8 Å². The Morgan fingerprint density at radius 2 is 1.95 bits per heavy atom. The average molecular weight is 330 g/mol. The lowest BCUT2D eigenvalue weighted by Gasteiger charge is -2.35. The van der Waals surface area contributed by atoms with Crippen molar-refractivity contribution in [3.05, 3.63) is 0 Å². The Balaban J connectivity index is 0. The predicted octanol–water partition coefficient (Wildman–Crippen LogP) is 0.914. The van der Waals surface area contributed by atoms with Gasteiger partial charge in [0.2, 0.25) is 5.91 Å². The molecule has 1 aliphatic heterocycles. The highest BCUT2D eigenvalue weighted by Gasteiger charge is 2.39. The molecule has 1 rings (SSSR count). The monoisotopic (exact) mass is 329 g/mol. The summed E-state index contributed by atoms with van der Waals surface area (Å²) in [5, 5.41) is 6.35. The molecule has 0 aromatic carbocycles. The first-order valence-corrected chi connectivity index (χ1v) is 6.81. The van der Waals surface area contributed by atoms with E-state index in [0.29, 0.717) is 13.2 Å². The molecule has 20 heavy (non-hydrogen) atoms. The second-order valence-electron chi connectivity index (χ2n) is 5.12. The summed E-state index contributed by atoms with van der Waals surface area (Å²) in [6, 6.07) is 0. The molecule has 0 aromatic rings. The Bertz CT molecular complexity index is 256. The average Bonchev–Trinajstić information content (AvgIpc) is 2.39. The van der Waals surface area contributed by atoms with Crippen molar-refractivity contribution >= 4 is 30.7 Å². The van der Waals surface area contributed by atoms with Crippen molar-refractivity contribution in [3.63, 3.8) is 0 Å². The number of ether oxygens (including phenoxy) is 1. The van der Waals surface area contributed by atoms with Crippen LogP contribution in [0.15, 0.2) is 0 Å². The molecule has 0 spiro atoms. The molecule has 5 nitrogen and oxygen atoms in total. The Morgan fingerprint density at radius 3 is 2.45 bits per heavy atom. The van der Waals surface area contributed by atoms with E-state index in [4.69, 9.17) is 4.74 Å². The molecule has 1 amide bonds. The zero-order chi connectivity index (χ0) is 13.4. The maximum Gasteiger partial charge on any atom is 0.228 e. The number of rotatable bonds is 7. The van der Waals surface area contributed by atoms with Gasteiger partial charge in [0.15, 0.2) is 0 Å². The van der Waals surface area contributed by atoms with Crippen LogP contribution in [-0.4, -0.2) is 64.3 Å². The number of likely N-dealkylation sites (N-methyl/N-ethyl adjacent to an activating group) is 1. The Hall–Kier alpha value is -0.0700. The minimum atomic E-state index is -0.329. The van der Waals surface area contributed by atoms with Gasteiger partial charge < -0.3 is 20.3 Å². The Kier molecular flexibility index (Phi) is 12.9. The topological polar surface area (TPSA) is 53.6 Å². The van der Waals surface area contributed by atoms with Crippen molar-refractivity contribution in [3.8, 4) is 0 Å². The number of carbonyl (C=O) groups is 1. The van der Waals surface area contributed by atoms with E-state index in [1.165, 1.54) is 0 Å². The van der Waals surface area contributed by atoms with E-state index in [1.54, 1.807) is 7.11 Å². The molecule has 1 heterocycles. The van der Waals surface area contributed by atoms with Crippen molar-refractivity contribution in [2.45, 2.75) is 19.8 Å². The minimum absolute atomic E-state index is 0. The van der Waals surface area contributed by atoms with Gasteiger partial charge in [-0.3, -0.25) is 4.79 Å². The van der Waals surface area contributed by atoms with Gasteiger partial charge in [-0.05, 0) is 39.5 Å². The largest absolute Gasteiger partial charge is 0.384 e. The summed E-state index contributed by atoms with van der Waals surface area (Å²) in [7, 11) is 3.73. The van der Waals surface area contributed by atoms with Crippen LogP contribution < -0.4 is 10.6 Å². The summed E-state index contributed by atoms with van der Waals surface area (Å²) < 4.78 is 5.26. The Labute approximate surface area is 135 Å². The number of nitrogens with zero attached hydrogens (tertiary/aromatic N) is 1. The van der Waals surface area contributed by atoms with E-state index < -0.39 is 0 Å². The highest BCUT2D eigenvalue weighted by molar-refractivity contribution is 5.85. The minimum Gasteiger partial charge on any atom is -0.384 e. The first kappa shape index (κ1) is 22.2. The summed E-state index contributed by atoms with van der Waals surface area (Å²) in [6.07, 6.45) is 1.71. The van der Waals surface area contributed by atoms with E-state index in [0.717, 1.165) is 39.0 Å². The van der Waals surface area contributed by atoms with Crippen molar-refractivity contribution < 1.29 is 9.53 Å². The van der Waals surface area contributed by atoms with E-state index in [9.17, 15) is 4.79 Å². The standard InChI is InChI=1S/C13H27N3O2.2ClH/c1-4-16(2)10-9-15-12(17)13(11-18-3)5-7-14-8-6-13;;/h14H,4-11H2,1-3H3,(H,15,17);2*1H. The molecular weight excluding hydrogens is 301 g/mol. The van der Waals surface area contributed by atoms with Crippen molar-refractivity contribution in [1.29, 1.82) is 0 Å².